The van der Waals surface area contributed by atoms with Crippen LogP contribution in [0.25, 0.3) is 0 Å². The summed E-state index contributed by atoms with van der Waals surface area (Å²) in [6, 6.07) is -1.54. The fourth-order valence-electron chi connectivity index (χ4n) is 3.67. The molecule has 0 radical (unpaired) electrons. The summed E-state index contributed by atoms with van der Waals surface area (Å²) in [5.74, 6) is -1.31. The van der Waals surface area contributed by atoms with Crippen molar-refractivity contribution in [3.63, 3.8) is 0 Å². The van der Waals surface area contributed by atoms with Crippen LogP contribution < -0.4 is 11.1 Å². The van der Waals surface area contributed by atoms with Gasteiger partial charge in [-0.1, -0.05) is 6.08 Å². The third-order valence-electron chi connectivity index (χ3n) is 4.90. The quantitative estimate of drug-likeness (QED) is 0.381. The molecule has 1 amide bonds. The van der Waals surface area contributed by atoms with Crippen LogP contribution in [-0.4, -0.2) is 88.7 Å². The van der Waals surface area contributed by atoms with Crippen LogP contribution >= 0.6 is 0 Å². The van der Waals surface area contributed by atoms with Crippen LogP contribution in [0.5, 0.6) is 0 Å². The van der Waals surface area contributed by atoms with Crippen molar-refractivity contribution in [1.29, 1.82) is 0 Å². The normalized spacial score (nSPS) is 36.6. The lowest BCUT2D eigenvalue weighted by atomic mass is 9.83. The van der Waals surface area contributed by atoms with Crippen LogP contribution in [0.15, 0.2) is 11.6 Å². The van der Waals surface area contributed by atoms with Crippen molar-refractivity contribution in [2.24, 2.45) is 5.73 Å². The zero-order valence-corrected chi connectivity index (χ0v) is 14.5. The Morgan fingerprint density at radius 2 is 2.20 bits per heavy atom. The predicted molar refractivity (Wildman–Crippen MR) is 88.7 cm³/mol. The monoisotopic (exact) mass is 357 g/mol. The highest BCUT2D eigenvalue weighted by Crippen LogP contribution is 2.29. The standard InChI is InChI=1S/C16H27N3O6/c1-9(20)18-14-11(17)5-10(15(22)23)6-12(14)19-4-3-13(21)16(24,7-19)8-25-2/h6,11-14,21,24H,3-5,7-8,17H2,1-2H3,(H,18,20)(H,22,23)/t11-,12+,13?,14+,16?/m0/s1. The molecular weight excluding hydrogens is 330 g/mol. The molecule has 9 nitrogen and oxygen atoms in total. The van der Waals surface area contributed by atoms with Crippen molar-refractivity contribution in [1.82, 2.24) is 10.2 Å². The molecule has 2 unspecified atom stereocenters. The number of ether oxygens (including phenoxy) is 1. The molecular formula is C16H27N3O6. The fraction of sp³-hybridized carbons (Fsp3) is 0.750. The summed E-state index contributed by atoms with van der Waals surface area (Å²) in [4.78, 5) is 24.8. The number of nitrogens with two attached hydrogens (primary N) is 1. The van der Waals surface area contributed by atoms with Gasteiger partial charge in [0.1, 0.15) is 5.60 Å². The van der Waals surface area contributed by atoms with Crippen molar-refractivity contribution < 1.29 is 29.6 Å². The Bertz CT molecular complexity index is 554. The Hall–Kier alpha value is -1.52. The number of carboxylic acids is 1. The number of carbonyl (C=O) groups excluding carboxylic acids is 1. The van der Waals surface area contributed by atoms with Gasteiger partial charge >= 0.3 is 5.97 Å². The Kier molecular flexibility index (Phi) is 6.17. The van der Waals surface area contributed by atoms with E-state index in [0.717, 1.165) is 0 Å². The van der Waals surface area contributed by atoms with Crippen LogP contribution in [0.4, 0.5) is 0 Å². The van der Waals surface area contributed by atoms with E-state index >= 15 is 0 Å². The molecule has 1 aliphatic heterocycles. The van der Waals surface area contributed by atoms with Gasteiger partial charge in [-0.25, -0.2) is 4.79 Å². The summed E-state index contributed by atoms with van der Waals surface area (Å²) < 4.78 is 5.02. The molecule has 0 aromatic carbocycles. The molecule has 1 fully saturated rings. The Morgan fingerprint density at radius 1 is 1.52 bits per heavy atom. The number of hydrogen-bond donors (Lipinski definition) is 5. The minimum absolute atomic E-state index is 0.0518. The molecule has 0 saturated carbocycles. The van der Waals surface area contributed by atoms with Gasteiger partial charge in [0.05, 0.1) is 24.8 Å². The molecule has 9 heteroatoms. The number of aliphatic hydroxyl groups is 2. The Balaban J connectivity index is 2.31. The number of nitrogens with one attached hydrogen (secondary N) is 1. The zero-order valence-electron chi connectivity index (χ0n) is 14.5. The van der Waals surface area contributed by atoms with E-state index in [9.17, 15) is 24.9 Å². The van der Waals surface area contributed by atoms with E-state index in [1.807, 2.05) is 4.90 Å². The number of piperidine rings is 1. The summed E-state index contributed by atoms with van der Waals surface area (Å²) in [5, 5.41) is 32.9. The zero-order chi connectivity index (χ0) is 18.8. The average Bonchev–Trinajstić information content (AvgIpc) is 2.51. The van der Waals surface area contributed by atoms with E-state index in [1.165, 1.54) is 14.0 Å². The number of hydrogen-bond acceptors (Lipinski definition) is 7. The van der Waals surface area contributed by atoms with Crippen molar-refractivity contribution >= 4 is 11.9 Å². The average molecular weight is 357 g/mol. The number of nitrogens with zero attached hydrogens (tertiary/aromatic N) is 1. The van der Waals surface area contributed by atoms with Gasteiger partial charge in [0.15, 0.2) is 0 Å². The topological polar surface area (TPSA) is 145 Å². The van der Waals surface area contributed by atoms with Gasteiger partial charge in [0, 0.05) is 38.7 Å². The number of carbonyl (C=O) groups is 2. The van der Waals surface area contributed by atoms with Gasteiger partial charge < -0.3 is 31.1 Å². The first kappa shape index (κ1) is 19.8. The van der Waals surface area contributed by atoms with Crippen LogP contribution in [0, 0.1) is 0 Å². The van der Waals surface area contributed by atoms with Crippen molar-refractivity contribution in [3.05, 3.63) is 11.6 Å². The van der Waals surface area contributed by atoms with Crippen LogP contribution in [0.2, 0.25) is 0 Å². The molecule has 6 N–H and O–H groups in total. The SMILES string of the molecule is COCC1(O)CN([C@@H]2C=C(C(=O)O)C[C@H](N)[C@H]2NC(C)=O)CCC1O. The van der Waals surface area contributed by atoms with Crippen LogP contribution in [0.3, 0.4) is 0 Å². The number of likely N-dealkylation sites (tertiary alicyclic amines) is 1. The molecule has 2 rings (SSSR count). The largest absolute Gasteiger partial charge is 0.478 e. The minimum atomic E-state index is -1.47. The summed E-state index contributed by atoms with van der Waals surface area (Å²) in [7, 11) is 1.43. The lowest BCUT2D eigenvalue weighted by Gasteiger charge is -2.48. The molecule has 142 valence electrons. The maximum atomic E-state index is 11.6. The number of carboxylic acid groups (broad SMARTS) is 1. The smallest absolute Gasteiger partial charge is 0.331 e. The molecule has 5 atom stereocenters. The summed E-state index contributed by atoms with van der Waals surface area (Å²) in [6.45, 7) is 1.84. The highest BCUT2D eigenvalue weighted by atomic mass is 16.5. The second-order valence-corrected chi connectivity index (χ2v) is 6.89. The maximum absolute atomic E-state index is 11.6. The van der Waals surface area contributed by atoms with Gasteiger partial charge in [0.25, 0.3) is 0 Å². The van der Waals surface area contributed by atoms with Crippen LogP contribution in [0.1, 0.15) is 19.8 Å². The molecule has 0 bridgehead atoms. The predicted octanol–water partition coefficient (Wildman–Crippen LogP) is -1.95. The molecule has 1 aliphatic carbocycles. The number of β-amino-alcohol motifs (C(OH)–C–C–N with tert-alkyl or cyclic N) is 1. The number of amides is 1. The molecule has 0 aromatic heterocycles. The Labute approximate surface area is 146 Å². The van der Waals surface area contributed by atoms with E-state index < -0.39 is 35.8 Å². The van der Waals surface area contributed by atoms with E-state index in [4.69, 9.17) is 10.5 Å². The number of rotatable bonds is 5. The first-order valence-electron chi connectivity index (χ1n) is 8.28. The number of methoxy groups -OCH3 is 1. The first-order chi connectivity index (χ1) is 11.7. The molecule has 1 saturated heterocycles. The maximum Gasteiger partial charge on any atom is 0.331 e. The van der Waals surface area contributed by atoms with Gasteiger partial charge in [-0.15, -0.1) is 0 Å². The van der Waals surface area contributed by atoms with E-state index in [2.05, 4.69) is 5.32 Å². The van der Waals surface area contributed by atoms with Gasteiger partial charge in [-0.3, -0.25) is 9.69 Å². The second-order valence-electron chi connectivity index (χ2n) is 6.89. The van der Waals surface area contributed by atoms with E-state index in [1.54, 1.807) is 6.08 Å². The molecule has 0 aromatic rings. The van der Waals surface area contributed by atoms with E-state index in [-0.39, 0.29) is 31.1 Å². The lowest BCUT2D eigenvalue weighted by molar-refractivity contribution is -0.155. The fourth-order valence-corrected chi connectivity index (χ4v) is 3.67. The summed E-state index contributed by atoms with van der Waals surface area (Å²) >= 11 is 0. The first-order valence-corrected chi connectivity index (χ1v) is 8.28. The van der Waals surface area contributed by atoms with Gasteiger partial charge in [-0.05, 0) is 12.8 Å². The number of aliphatic carboxylic acids is 1. The third kappa shape index (κ3) is 4.36. The van der Waals surface area contributed by atoms with E-state index in [0.29, 0.717) is 13.0 Å². The third-order valence-corrected chi connectivity index (χ3v) is 4.90. The lowest BCUT2D eigenvalue weighted by Crippen LogP contribution is -2.67. The summed E-state index contributed by atoms with van der Waals surface area (Å²) in [5.41, 5.74) is 4.84. The summed E-state index contributed by atoms with van der Waals surface area (Å²) in [6.07, 6.45) is 1.09. The van der Waals surface area contributed by atoms with Crippen molar-refractivity contribution in [2.75, 3.05) is 26.8 Å². The minimum Gasteiger partial charge on any atom is -0.478 e. The highest BCUT2D eigenvalue weighted by Gasteiger charge is 2.46. The molecule has 2 aliphatic rings. The molecule has 1 heterocycles. The van der Waals surface area contributed by atoms with Crippen LogP contribution in [-0.2, 0) is 14.3 Å². The molecule has 0 spiro atoms. The highest BCUT2D eigenvalue weighted by molar-refractivity contribution is 5.87. The van der Waals surface area contributed by atoms with Crippen molar-refractivity contribution in [2.45, 2.75) is 49.6 Å². The Morgan fingerprint density at radius 3 is 2.76 bits per heavy atom. The van der Waals surface area contributed by atoms with Gasteiger partial charge in [0.2, 0.25) is 5.91 Å². The van der Waals surface area contributed by atoms with Crippen molar-refractivity contribution in [3.8, 4) is 0 Å². The van der Waals surface area contributed by atoms with Gasteiger partial charge in [-0.2, -0.15) is 0 Å². The number of aliphatic hydroxyl groups excluding tert-OH is 1. The molecule has 25 heavy (non-hydrogen) atoms. The second kappa shape index (κ2) is 7.79.